The van der Waals surface area contributed by atoms with E-state index in [1.165, 1.54) is 18.5 Å². The average Bonchev–Trinajstić information content (AvgIpc) is 3.46. The topological polar surface area (TPSA) is 65.8 Å². The molecule has 1 atom stereocenters. The Kier molecular flexibility index (Phi) is 5.06. The lowest BCUT2D eigenvalue weighted by molar-refractivity contribution is 0.173. The van der Waals surface area contributed by atoms with Crippen LogP contribution in [0.25, 0.3) is 0 Å². The van der Waals surface area contributed by atoms with Gasteiger partial charge in [-0.15, -0.1) is 0 Å². The smallest absolute Gasteiger partial charge is 0.328 e. The first kappa shape index (κ1) is 19.3. The minimum absolute atomic E-state index is 0.0829. The molecule has 158 valence electrons. The van der Waals surface area contributed by atoms with Gasteiger partial charge in [-0.2, -0.15) is 0 Å². The molecule has 2 aromatic heterocycles. The van der Waals surface area contributed by atoms with Crippen LogP contribution < -0.4 is 10.2 Å². The number of piperidine rings is 1. The number of anilines is 1. The van der Waals surface area contributed by atoms with Crippen LogP contribution in [0, 0.1) is 0 Å². The molecule has 7 heteroatoms. The number of urea groups is 1. The van der Waals surface area contributed by atoms with Gasteiger partial charge in [0.2, 0.25) is 0 Å². The number of pyridine rings is 1. The second kappa shape index (κ2) is 7.87. The van der Waals surface area contributed by atoms with Gasteiger partial charge in [0.05, 0.1) is 17.9 Å². The van der Waals surface area contributed by atoms with Crippen molar-refractivity contribution in [1.82, 2.24) is 19.8 Å². The summed E-state index contributed by atoms with van der Waals surface area (Å²) in [5, 5.41) is 3.16. The minimum atomic E-state index is -0.452. The van der Waals surface area contributed by atoms with E-state index in [1.54, 1.807) is 12.4 Å². The molecular formula is C23H30N6O. The second-order valence-corrected chi connectivity index (χ2v) is 8.85. The summed E-state index contributed by atoms with van der Waals surface area (Å²) in [4.78, 5) is 27.0. The van der Waals surface area contributed by atoms with Crippen LogP contribution in [-0.4, -0.2) is 51.0 Å². The molecule has 30 heavy (non-hydrogen) atoms. The third-order valence-corrected chi connectivity index (χ3v) is 6.82. The van der Waals surface area contributed by atoms with Crippen molar-refractivity contribution in [3.63, 3.8) is 0 Å². The zero-order valence-electron chi connectivity index (χ0n) is 17.6. The molecule has 2 aliphatic heterocycles. The number of aromatic nitrogens is 2. The van der Waals surface area contributed by atoms with Crippen LogP contribution in [0.4, 0.5) is 10.5 Å². The van der Waals surface area contributed by atoms with E-state index in [0.717, 1.165) is 56.8 Å². The number of amidine groups is 1. The van der Waals surface area contributed by atoms with Gasteiger partial charge in [-0.1, -0.05) is 12.8 Å². The Balaban J connectivity index is 1.51. The number of carbonyl (C=O) groups excluding carboxylic acids is 1. The normalized spacial score (nSPS) is 26.8. The van der Waals surface area contributed by atoms with E-state index in [0.29, 0.717) is 6.04 Å². The van der Waals surface area contributed by atoms with Gasteiger partial charge in [0.1, 0.15) is 11.4 Å². The molecular weight excluding hydrogens is 376 g/mol. The van der Waals surface area contributed by atoms with Crippen molar-refractivity contribution < 1.29 is 4.79 Å². The summed E-state index contributed by atoms with van der Waals surface area (Å²) in [5.41, 5.74) is 1.67. The number of hydrogen-bond donors (Lipinski definition) is 1. The molecule has 5 rings (SSSR count). The van der Waals surface area contributed by atoms with Gasteiger partial charge in [0.25, 0.3) is 0 Å². The van der Waals surface area contributed by atoms with Crippen molar-refractivity contribution in [3.8, 4) is 0 Å². The van der Waals surface area contributed by atoms with E-state index < -0.39 is 5.54 Å². The zero-order valence-corrected chi connectivity index (χ0v) is 17.6. The van der Waals surface area contributed by atoms with E-state index in [-0.39, 0.29) is 6.03 Å². The molecule has 2 amide bonds. The highest BCUT2D eigenvalue weighted by atomic mass is 16.2. The minimum Gasteiger partial charge on any atom is -0.353 e. The molecule has 1 unspecified atom stereocenters. The Morgan fingerprint density at radius 3 is 2.83 bits per heavy atom. The number of nitrogens with one attached hydrogen (secondary N) is 1. The number of likely N-dealkylation sites (tertiary alicyclic amines) is 1. The molecule has 0 aromatic carbocycles. The van der Waals surface area contributed by atoms with Crippen molar-refractivity contribution in [2.45, 2.75) is 56.7 Å². The number of carbonyl (C=O) groups is 1. The molecule has 1 N–H and O–H groups in total. The molecule has 0 radical (unpaired) electrons. The SMILES string of the molecule is Cn1cccc1CN1CCCC2(C1)C(=NC1CCCC1)NC(=O)N2c1cccnc1. The standard InChI is InChI=1S/C23H30N6O/c1-27-13-5-10-20(27)16-28-14-6-11-23(17-28)21(25-18-7-2-3-8-18)26-22(30)29(23)19-9-4-12-24-15-19/h4-5,9-10,12-13,15,18H,2-3,6-8,11,14,16-17H2,1H3,(H,25,26,30). The van der Waals surface area contributed by atoms with E-state index in [1.807, 2.05) is 17.0 Å². The first-order valence-electron chi connectivity index (χ1n) is 11.1. The van der Waals surface area contributed by atoms with E-state index in [4.69, 9.17) is 4.99 Å². The highest BCUT2D eigenvalue weighted by Crippen LogP contribution is 2.37. The fraction of sp³-hybridized carbons (Fsp3) is 0.522. The largest absolute Gasteiger partial charge is 0.353 e. The maximum absolute atomic E-state index is 13.2. The first-order valence-corrected chi connectivity index (χ1v) is 11.1. The zero-order chi connectivity index (χ0) is 20.6. The monoisotopic (exact) mass is 406 g/mol. The van der Waals surface area contributed by atoms with Crippen LogP contribution in [-0.2, 0) is 13.6 Å². The maximum Gasteiger partial charge on any atom is 0.328 e. The van der Waals surface area contributed by atoms with E-state index in [9.17, 15) is 4.79 Å². The van der Waals surface area contributed by atoms with E-state index >= 15 is 0 Å². The van der Waals surface area contributed by atoms with Gasteiger partial charge in [0, 0.05) is 38.2 Å². The highest BCUT2D eigenvalue weighted by molar-refractivity contribution is 6.19. The lowest BCUT2D eigenvalue weighted by atomic mass is 9.86. The Morgan fingerprint density at radius 2 is 2.10 bits per heavy atom. The van der Waals surface area contributed by atoms with Crippen molar-refractivity contribution in [2.75, 3.05) is 18.0 Å². The number of rotatable bonds is 4. The maximum atomic E-state index is 13.2. The van der Waals surface area contributed by atoms with Crippen molar-refractivity contribution in [3.05, 3.63) is 48.5 Å². The summed E-state index contributed by atoms with van der Waals surface area (Å²) in [6, 6.07) is 8.38. The number of aryl methyl sites for hydroxylation is 1. The fourth-order valence-corrected chi connectivity index (χ4v) is 5.32. The van der Waals surface area contributed by atoms with Gasteiger partial charge in [-0.25, -0.2) is 4.79 Å². The van der Waals surface area contributed by atoms with Crippen molar-refractivity contribution in [1.29, 1.82) is 0 Å². The van der Waals surface area contributed by atoms with Crippen molar-refractivity contribution >= 4 is 17.6 Å². The first-order chi connectivity index (χ1) is 14.7. The van der Waals surface area contributed by atoms with Crippen LogP contribution in [0.1, 0.15) is 44.2 Å². The predicted octanol–water partition coefficient (Wildman–Crippen LogP) is 3.33. The molecule has 7 nitrogen and oxygen atoms in total. The summed E-state index contributed by atoms with van der Waals surface area (Å²) >= 11 is 0. The third-order valence-electron chi connectivity index (χ3n) is 6.82. The van der Waals surface area contributed by atoms with Crippen LogP contribution in [0.15, 0.2) is 47.8 Å². The number of aliphatic imine (C=N–C) groups is 1. The summed E-state index contributed by atoms with van der Waals surface area (Å²) < 4.78 is 2.17. The molecule has 4 heterocycles. The molecule has 1 spiro atoms. The highest BCUT2D eigenvalue weighted by Gasteiger charge is 2.54. The van der Waals surface area contributed by atoms with Crippen LogP contribution in [0.3, 0.4) is 0 Å². The van der Waals surface area contributed by atoms with Crippen LogP contribution in [0.5, 0.6) is 0 Å². The Bertz CT molecular complexity index is 932. The Morgan fingerprint density at radius 1 is 1.23 bits per heavy atom. The summed E-state index contributed by atoms with van der Waals surface area (Å²) in [7, 11) is 2.09. The number of nitrogens with zero attached hydrogens (tertiary/aromatic N) is 5. The molecule has 1 saturated carbocycles. The number of hydrogen-bond acceptors (Lipinski definition) is 4. The van der Waals surface area contributed by atoms with Gasteiger partial charge in [-0.05, 0) is 56.5 Å². The molecule has 3 aliphatic rings. The van der Waals surface area contributed by atoms with Gasteiger partial charge >= 0.3 is 6.03 Å². The summed E-state index contributed by atoms with van der Waals surface area (Å²) in [6.07, 6.45) is 12.3. The van der Waals surface area contributed by atoms with Gasteiger partial charge < -0.3 is 4.57 Å². The molecule has 3 fully saturated rings. The summed E-state index contributed by atoms with van der Waals surface area (Å²) in [6.45, 7) is 2.67. The molecule has 0 bridgehead atoms. The van der Waals surface area contributed by atoms with Crippen molar-refractivity contribution in [2.24, 2.45) is 12.0 Å². The average molecular weight is 407 g/mol. The quantitative estimate of drug-likeness (QED) is 0.847. The number of amides is 2. The summed E-state index contributed by atoms with van der Waals surface area (Å²) in [5.74, 6) is 0.861. The fourth-order valence-electron chi connectivity index (χ4n) is 5.32. The Labute approximate surface area is 177 Å². The van der Waals surface area contributed by atoms with Gasteiger partial charge in [-0.3, -0.25) is 25.1 Å². The van der Waals surface area contributed by atoms with Crippen LogP contribution >= 0.6 is 0 Å². The predicted molar refractivity (Wildman–Crippen MR) is 118 cm³/mol. The van der Waals surface area contributed by atoms with Crippen LogP contribution in [0.2, 0.25) is 0 Å². The van der Waals surface area contributed by atoms with E-state index in [2.05, 4.69) is 45.1 Å². The lowest BCUT2D eigenvalue weighted by Crippen LogP contribution is -2.60. The molecule has 1 aliphatic carbocycles. The molecule has 2 saturated heterocycles. The Hall–Kier alpha value is -2.67. The second-order valence-electron chi connectivity index (χ2n) is 8.85. The lowest BCUT2D eigenvalue weighted by Gasteiger charge is -2.44. The molecule has 2 aromatic rings. The van der Waals surface area contributed by atoms with Gasteiger partial charge in [0.15, 0.2) is 0 Å². The third kappa shape index (κ3) is 3.41.